The summed E-state index contributed by atoms with van der Waals surface area (Å²) < 4.78 is 6.29. The van der Waals surface area contributed by atoms with Gasteiger partial charge in [-0.15, -0.1) is 0 Å². The minimum absolute atomic E-state index is 0.0489. The minimum atomic E-state index is -0.497. The van der Waals surface area contributed by atoms with Crippen molar-refractivity contribution >= 4 is 23.2 Å². The summed E-state index contributed by atoms with van der Waals surface area (Å²) in [5.41, 5.74) is 1.93. The molecule has 6 nitrogen and oxygen atoms in total. The molecular formula is C16H14Cl2N4O2. The molecule has 0 spiro atoms. The first-order chi connectivity index (χ1) is 11.5. The first-order valence-electron chi connectivity index (χ1n) is 7.31. The zero-order valence-electron chi connectivity index (χ0n) is 12.9. The fourth-order valence-corrected chi connectivity index (χ4v) is 2.42. The Morgan fingerprint density at radius 3 is 2.67 bits per heavy atom. The van der Waals surface area contributed by atoms with E-state index in [0.29, 0.717) is 18.1 Å². The molecule has 0 radical (unpaired) electrons. The Morgan fingerprint density at radius 2 is 1.92 bits per heavy atom. The van der Waals surface area contributed by atoms with E-state index in [9.17, 15) is 4.79 Å². The Morgan fingerprint density at radius 1 is 1.17 bits per heavy atom. The Bertz CT molecular complexity index is 903. The fraction of sp³-hybridized carbons (Fsp3) is 0.250. The van der Waals surface area contributed by atoms with E-state index in [2.05, 4.69) is 39.5 Å². The van der Waals surface area contributed by atoms with Crippen molar-refractivity contribution in [1.82, 2.24) is 19.9 Å². The number of aryl methyl sites for hydroxylation is 3. The smallest absolute Gasteiger partial charge is 0.287 e. The maximum Gasteiger partial charge on any atom is 0.287 e. The van der Waals surface area contributed by atoms with Crippen LogP contribution in [-0.4, -0.2) is 19.9 Å². The van der Waals surface area contributed by atoms with Gasteiger partial charge in [0, 0.05) is 6.42 Å². The van der Waals surface area contributed by atoms with Crippen molar-refractivity contribution in [2.45, 2.75) is 26.3 Å². The summed E-state index contributed by atoms with van der Waals surface area (Å²) in [7, 11) is 0. The van der Waals surface area contributed by atoms with Crippen LogP contribution < -0.4 is 5.56 Å². The van der Waals surface area contributed by atoms with Crippen molar-refractivity contribution in [2.75, 3.05) is 0 Å². The highest BCUT2D eigenvalue weighted by molar-refractivity contribution is 6.41. The third-order valence-electron chi connectivity index (χ3n) is 3.50. The maximum atomic E-state index is 11.9. The van der Waals surface area contributed by atoms with Gasteiger partial charge in [-0.3, -0.25) is 4.79 Å². The average molecular weight is 365 g/mol. The van der Waals surface area contributed by atoms with Crippen molar-refractivity contribution in [3.8, 4) is 0 Å². The highest BCUT2D eigenvalue weighted by Crippen LogP contribution is 2.15. The van der Waals surface area contributed by atoms with Gasteiger partial charge in [0.25, 0.3) is 5.56 Å². The molecule has 3 rings (SSSR count). The molecule has 1 aromatic carbocycles. The molecule has 0 saturated heterocycles. The highest BCUT2D eigenvalue weighted by atomic mass is 35.5. The van der Waals surface area contributed by atoms with Crippen molar-refractivity contribution in [3.63, 3.8) is 0 Å². The van der Waals surface area contributed by atoms with Crippen molar-refractivity contribution in [3.05, 3.63) is 73.7 Å². The lowest BCUT2D eigenvalue weighted by Crippen LogP contribution is -2.23. The number of nitrogens with zero attached hydrogens (tertiary/aromatic N) is 4. The van der Waals surface area contributed by atoms with E-state index in [0.717, 1.165) is 11.1 Å². The SMILES string of the molecule is Cc1ccc(CCc2noc(Cn3ncc(Cl)c(Cl)c3=O)n2)cc1. The summed E-state index contributed by atoms with van der Waals surface area (Å²) in [4.78, 5) is 16.2. The molecule has 0 aliphatic heterocycles. The number of halogens is 2. The third kappa shape index (κ3) is 3.83. The van der Waals surface area contributed by atoms with Gasteiger partial charge in [0.1, 0.15) is 11.6 Å². The Kier molecular flexibility index (Phi) is 4.97. The molecule has 3 aromatic rings. The van der Waals surface area contributed by atoms with Gasteiger partial charge in [-0.1, -0.05) is 58.2 Å². The second-order valence-electron chi connectivity index (χ2n) is 5.36. The number of hydrogen-bond acceptors (Lipinski definition) is 5. The van der Waals surface area contributed by atoms with Crippen LogP contribution in [0.25, 0.3) is 0 Å². The minimum Gasteiger partial charge on any atom is -0.337 e. The molecule has 0 bridgehead atoms. The zero-order chi connectivity index (χ0) is 17.1. The van der Waals surface area contributed by atoms with Gasteiger partial charge < -0.3 is 4.52 Å². The van der Waals surface area contributed by atoms with Crippen molar-refractivity contribution < 1.29 is 4.52 Å². The van der Waals surface area contributed by atoms with Crippen LogP contribution in [0.1, 0.15) is 22.8 Å². The van der Waals surface area contributed by atoms with Gasteiger partial charge in [-0.05, 0) is 18.9 Å². The monoisotopic (exact) mass is 364 g/mol. The van der Waals surface area contributed by atoms with Gasteiger partial charge in [-0.2, -0.15) is 10.1 Å². The van der Waals surface area contributed by atoms with E-state index < -0.39 is 5.56 Å². The summed E-state index contributed by atoms with van der Waals surface area (Å²) in [5, 5.41) is 7.87. The van der Waals surface area contributed by atoms with Crippen LogP contribution in [0.15, 0.2) is 39.8 Å². The van der Waals surface area contributed by atoms with Gasteiger partial charge in [-0.25, -0.2) is 4.68 Å². The van der Waals surface area contributed by atoms with Crippen LogP contribution in [0.2, 0.25) is 10.0 Å². The van der Waals surface area contributed by atoms with Gasteiger partial charge in [0.15, 0.2) is 5.82 Å². The molecule has 0 unspecified atom stereocenters. The standard InChI is InChI=1S/C16H14Cl2N4O2/c1-10-2-4-11(5-3-10)6-7-13-20-14(24-21-13)9-22-16(23)15(18)12(17)8-19-22/h2-5,8H,6-7,9H2,1H3. The molecule has 0 amide bonds. The molecule has 2 heterocycles. The topological polar surface area (TPSA) is 73.8 Å². The van der Waals surface area contributed by atoms with E-state index in [1.807, 2.05) is 6.92 Å². The third-order valence-corrected chi connectivity index (χ3v) is 4.24. The zero-order valence-corrected chi connectivity index (χ0v) is 14.4. The maximum absolute atomic E-state index is 11.9. The Labute approximate surface area is 148 Å². The first kappa shape index (κ1) is 16.7. The second kappa shape index (κ2) is 7.15. The van der Waals surface area contributed by atoms with Crippen molar-refractivity contribution in [2.24, 2.45) is 0 Å². The second-order valence-corrected chi connectivity index (χ2v) is 6.14. The molecule has 0 atom stereocenters. The molecular weight excluding hydrogens is 351 g/mol. The van der Waals surface area contributed by atoms with Crippen LogP contribution in [0.4, 0.5) is 0 Å². The van der Waals surface area contributed by atoms with Gasteiger partial charge in [0.2, 0.25) is 5.89 Å². The predicted octanol–water partition coefficient (Wildman–Crippen LogP) is 3.08. The lowest BCUT2D eigenvalue weighted by molar-refractivity contribution is 0.358. The molecule has 24 heavy (non-hydrogen) atoms. The van der Waals surface area contributed by atoms with Crippen LogP contribution in [-0.2, 0) is 19.4 Å². The molecule has 124 valence electrons. The predicted molar refractivity (Wildman–Crippen MR) is 90.5 cm³/mol. The van der Waals surface area contributed by atoms with Crippen LogP contribution >= 0.6 is 23.2 Å². The largest absolute Gasteiger partial charge is 0.337 e. The first-order valence-corrected chi connectivity index (χ1v) is 8.06. The molecule has 0 aliphatic carbocycles. The number of hydrogen-bond donors (Lipinski definition) is 0. The average Bonchev–Trinajstić information content (AvgIpc) is 3.02. The molecule has 0 fully saturated rings. The van der Waals surface area contributed by atoms with Crippen LogP contribution in [0, 0.1) is 6.92 Å². The lowest BCUT2D eigenvalue weighted by Gasteiger charge is -2.01. The normalized spacial score (nSPS) is 11.0. The quantitative estimate of drug-likeness (QED) is 0.695. The van der Waals surface area contributed by atoms with Gasteiger partial charge >= 0.3 is 0 Å². The summed E-state index contributed by atoms with van der Waals surface area (Å²) in [5.74, 6) is 0.876. The van der Waals surface area contributed by atoms with E-state index in [4.69, 9.17) is 27.7 Å². The molecule has 2 aromatic heterocycles. The summed E-state index contributed by atoms with van der Waals surface area (Å²) in [6.07, 6.45) is 2.76. The fourth-order valence-electron chi connectivity index (χ4n) is 2.15. The van der Waals surface area contributed by atoms with Gasteiger partial charge in [0.05, 0.1) is 11.2 Å². The van der Waals surface area contributed by atoms with E-state index >= 15 is 0 Å². The highest BCUT2D eigenvalue weighted by Gasteiger charge is 2.12. The molecule has 8 heteroatoms. The van der Waals surface area contributed by atoms with E-state index in [1.165, 1.54) is 17.3 Å². The van der Waals surface area contributed by atoms with Crippen LogP contribution in [0.3, 0.4) is 0 Å². The number of aromatic nitrogens is 4. The molecule has 0 aliphatic rings. The van der Waals surface area contributed by atoms with E-state index in [-0.39, 0.29) is 16.6 Å². The summed E-state index contributed by atoms with van der Waals surface area (Å²) >= 11 is 11.6. The molecule has 0 saturated carbocycles. The Hall–Kier alpha value is -2.18. The molecule has 0 N–H and O–H groups in total. The Balaban J connectivity index is 1.66. The van der Waals surface area contributed by atoms with E-state index in [1.54, 1.807) is 0 Å². The number of benzene rings is 1. The van der Waals surface area contributed by atoms with Crippen molar-refractivity contribution in [1.29, 1.82) is 0 Å². The summed E-state index contributed by atoms with van der Waals surface area (Å²) in [6.45, 7) is 2.10. The van der Waals surface area contributed by atoms with Crippen LogP contribution in [0.5, 0.6) is 0 Å². The number of rotatable bonds is 5. The summed E-state index contributed by atoms with van der Waals surface area (Å²) in [6, 6.07) is 8.30. The lowest BCUT2D eigenvalue weighted by atomic mass is 10.1.